The van der Waals surface area contributed by atoms with Gasteiger partial charge in [-0.25, -0.2) is 0 Å². The highest BCUT2D eigenvalue weighted by atomic mass is 35.5. The Bertz CT molecular complexity index is 741. The Morgan fingerprint density at radius 1 is 1.12 bits per heavy atom. The number of nitrogens with one attached hydrogen (secondary N) is 1. The van der Waals surface area contributed by atoms with Gasteiger partial charge >= 0.3 is 0 Å². The molecule has 2 rings (SSSR count). The van der Waals surface area contributed by atoms with Crippen LogP contribution in [0.25, 0.3) is 0 Å². The van der Waals surface area contributed by atoms with Crippen molar-refractivity contribution < 1.29 is 14.6 Å². The number of methoxy groups -OCH3 is 1. The molecule has 0 amide bonds. The number of aliphatic hydroxyl groups is 1. The lowest BCUT2D eigenvalue weighted by Crippen LogP contribution is -2.21. The van der Waals surface area contributed by atoms with E-state index >= 15 is 0 Å². The molecular weight excluding hydrogens is 350 g/mol. The van der Waals surface area contributed by atoms with Gasteiger partial charge in [0.1, 0.15) is 17.6 Å². The monoisotopic (exact) mass is 377 g/mol. The zero-order chi connectivity index (χ0) is 19.3. The Hall–Kier alpha value is -1.91. The van der Waals surface area contributed by atoms with Crippen molar-refractivity contribution in [1.82, 2.24) is 0 Å². The molecule has 0 unspecified atom stereocenters. The van der Waals surface area contributed by atoms with Crippen LogP contribution in [-0.4, -0.2) is 25.4 Å². The first-order valence-electron chi connectivity index (χ1n) is 8.78. The van der Waals surface area contributed by atoms with Crippen molar-refractivity contribution in [2.24, 2.45) is 5.41 Å². The standard InChI is InChI=1S/C21H28ClNO3/c1-6-26-18-12-14(22)11-16(19(18)23-13-21(2,3)4)20(24)15-9-7-8-10-17(15)25-5/h7-12,20,23-24H,6,13H2,1-5H3/t20-/m1/s1. The number of benzene rings is 2. The number of rotatable bonds is 7. The molecule has 0 saturated carbocycles. The van der Waals surface area contributed by atoms with Crippen LogP contribution in [0.15, 0.2) is 36.4 Å². The number of hydrogen-bond acceptors (Lipinski definition) is 4. The fraction of sp³-hybridized carbons (Fsp3) is 0.429. The minimum Gasteiger partial charge on any atom is -0.496 e. The van der Waals surface area contributed by atoms with Crippen molar-refractivity contribution >= 4 is 17.3 Å². The van der Waals surface area contributed by atoms with Crippen LogP contribution in [0, 0.1) is 5.41 Å². The molecule has 0 aliphatic heterocycles. The molecular formula is C21H28ClNO3. The van der Waals surface area contributed by atoms with Gasteiger partial charge in [-0.1, -0.05) is 50.6 Å². The van der Waals surface area contributed by atoms with Gasteiger partial charge in [0.25, 0.3) is 0 Å². The van der Waals surface area contributed by atoms with E-state index in [4.69, 9.17) is 21.1 Å². The average molecular weight is 378 g/mol. The molecule has 0 spiro atoms. The second-order valence-corrected chi connectivity index (χ2v) is 7.80. The lowest BCUT2D eigenvalue weighted by molar-refractivity contribution is 0.214. The van der Waals surface area contributed by atoms with Gasteiger partial charge in [0, 0.05) is 28.8 Å². The third kappa shape index (κ3) is 5.05. The van der Waals surface area contributed by atoms with Gasteiger partial charge in [-0.3, -0.25) is 0 Å². The van der Waals surface area contributed by atoms with Crippen LogP contribution in [0.2, 0.25) is 5.02 Å². The van der Waals surface area contributed by atoms with Gasteiger partial charge < -0.3 is 19.9 Å². The van der Waals surface area contributed by atoms with E-state index in [2.05, 4.69) is 26.1 Å². The normalized spacial score (nSPS) is 12.6. The largest absolute Gasteiger partial charge is 0.496 e. The average Bonchev–Trinajstić information content (AvgIpc) is 2.59. The van der Waals surface area contributed by atoms with Crippen LogP contribution in [0.3, 0.4) is 0 Å². The fourth-order valence-corrected chi connectivity index (χ4v) is 2.91. The first kappa shape index (κ1) is 20.4. The van der Waals surface area contributed by atoms with E-state index in [9.17, 15) is 5.11 Å². The molecule has 0 saturated heterocycles. The molecule has 0 fully saturated rings. The van der Waals surface area contributed by atoms with Gasteiger partial charge in [0.05, 0.1) is 19.4 Å². The van der Waals surface area contributed by atoms with Crippen LogP contribution >= 0.6 is 11.6 Å². The Morgan fingerprint density at radius 3 is 2.42 bits per heavy atom. The number of anilines is 1. The molecule has 142 valence electrons. The molecule has 2 N–H and O–H groups in total. The van der Waals surface area contributed by atoms with Gasteiger partial charge in [0.15, 0.2) is 0 Å². The smallest absolute Gasteiger partial charge is 0.144 e. The lowest BCUT2D eigenvalue weighted by atomic mass is 9.95. The van der Waals surface area contributed by atoms with E-state index in [-0.39, 0.29) is 5.41 Å². The third-order valence-electron chi connectivity index (χ3n) is 3.92. The maximum atomic E-state index is 11.1. The predicted octanol–water partition coefficient (Wildman–Crippen LogP) is 5.29. The molecule has 2 aromatic rings. The van der Waals surface area contributed by atoms with E-state index in [0.717, 1.165) is 12.2 Å². The Balaban J connectivity index is 2.54. The van der Waals surface area contributed by atoms with Crippen molar-refractivity contribution in [2.75, 3.05) is 25.6 Å². The molecule has 0 heterocycles. The number of ether oxygens (including phenoxy) is 2. The molecule has 2 aromatic carbocycles. The minimum absolute atomic E-state index is 0.0653. The number of para-hydroxylation sites is 1. The first-order chi connectivity index (χ1) is 12.3. The zero-order valence-corrected chi connectivity index (χ0v) is 16.9. The molecule has 0 aliphatic rings. The second kappa shape index (κ2) is 8.65. The Morgan fingerprint density at radius 2 is 1.81 bits per heavy atom. The lowest BCUT2D eigenvalue weighted by Gasteiger charge is -2.25. The summed E-state index contributed by atoms with van der Waals surface area (Å²) in [6.45, 7) is 9.59. The summed E-state index contributed by atoms with van der Waals surface area (Å²) in [6, 6.07) is 11.0. The maximum absolute atomic E-state index is 11.1. The zero-order valence-electron chi connectivity index (χ0n) is 16.1. The van der Waals surface area contributed by atoms with Crippen LogP contribution < -0.4 is 14.8 Å². The van der Waals surface area contributed by atoms with Crippen LogP contribution in [0.1, 0.15) is 44.9 Å². The van der Waals surface area contributed by atoms with Gasteiger partial charge in [-0.05, 0) is 24.5 Å². The number of hydrogen-bond donors (Lipinski definition) is 2. The van der Waals surface area contributed by atoms with Crippen LogP contribution in [-0.2, 0) is 0 Å². The number of halogens is 1. The van der Waals surface area contributed by atoms with Gasteiger partial charge in [-0.2, -0.15) is 0 Å². The van der Waals surface area contributed by atoms with E-state index in [0.29, 0.717) is 34.3 Å². The van der Waals surface area contributed by atoms with E-state index < -0.39 is 6.10 Å². The number of aliphatic hydroxyl groups excluding tert-OH is 1. The molecule has 0 aliphatic carbocycles. The second-order valence-electron chi connectivity index (χ2n) is 7.36. The topological polar surface area (TPSA) is 50.7 Å². The summed E-state index contributed by atoms with van der Waals surface area (Å²) in [7, 11) is 1.59. The van der Waals surface area contributed by atoms with Crippen molar-refractivity contribution in [3.8, 4) is 11.5 Å². The molecule has 4 nitrogen and oxygen atoms in total. The molecule has 0 aromatic heterocycles. The first-order valence-corrected chi connectivity index (χ1v) is 9.15. The highest BCUT2D eigenvalue weighted by Gasteiger charge is 2.23. The molecule has 0 radical (unpaired) electrons. The Kier molecular flexibility index (Phi) is 6.79. The summed E-state index contributed by atoms with van der Waals surface area (Å²) in [4.78, 5) is 0. The highest BCUT2D eigenvalue weighted by Crippen LogP contribution is 2.40. The Labute approximate surface area is 161 Å². The summed E-state index contributed by atoms with van der Waals surface area (Å²) < 4.78 is 11.2. The minimum atomic E-state index is -0.897. The van der Waals surface area contributed by atoms with Crippen LogP contribution in [0.4, 0.5) is 5.69 Å². The van der Waals surface area contributed by atoms with E-state index in [1.54, 1.807) is 19.2 Å². The van der Waals surface area contributed by atoms with Crippen molar-refractivity contribution in [3.05, 3.63) is 52.5 Å². The van der Waals surface area contributed by atoms with Crippen molar-refractivity contribution in [1.29, 1.82) is 0 Å². The maximum Gasteiger partial charge on any atom is 0.144 e. The molecule has 26 heavy (non-hydrogen) atoms. The predicted molar refractivity (Wildman–Crippen MR) is 108 cm³/mol. The summed E-state index contributed by atoms with van der Waals surface area (Å²) in [5, 5.41) is 15.0. The molecule has 1 atom stereocenters. The third-order valence-corrected chi connectivity index (χ3v) is 4.14. The molecule has 0 bridgehead atoms. The summed E-state index contributed by atoms with van der Waals surface area (Å²) >= 11 is 6.30. The van der Waals surface area contributed by atoms with Crippen LogP contribution in [0.5, 0.6) is 11.5 Å². The summed E-state index contributed by atoms with van der Waals surface area (Å²) in [6.07, 6.45) is -0.897. The summed E-state index contributed by atoms with van der Waals surface area (Å²) in [5.74, 6) is 1.26. The van der Waals surface area contributed by atoms with E-state index in [1.165, 1.54) is 0 Å². The van der Waals surface area contributed by atoms with Crippen molar-refractivity contribution in [3.63, 3.8) is 0 Å². The van der Waals surface area contributed by atoms with Gasteiger partial charge in [-0.15, -0.1) is 0 Å². The van der Waals surface area contributed by atoms with E-state index in [1.807, 2.05) is 31.2 Å². The SMILES string of the molecule is CCOc1cc(Cl)cc([C@H](O)c2ccccc2OC)c1NCC(C)(C)C. The van der Waals surface area contributed by atoms with Crippen molar-refractivity contribution in [2.45, 2.75) is 33.8 Å². The summed E-state index contributed by atoms with van der Waals surface area (Å²) in [5.41, 5.74) is 2.16. The molecule has 5 heteroatoms. The highest BCUT2D eigenvalue weighted by molar-refractivity contribution is 6.31. The van der Waals surface area contributed by atoms with Gasteiger partial charge in [0.2, 0.25) is 0 Å². The quantitative estimate of drug-likeness (QED) is 0.688. The fourth-order valence-electron chi connectivity index (χ4n) is 2.69.